The normalized spacial score (nSPS) is 18.7. The van der Waals surface area contributed by atoms with Crippen molar-refractivity contribution in [2.24, 2.45) is 12.0 Å². The Bertz CT molecular complexity index is 775. The molecule has 0 amide bonds. The summed E-state index contributed by atoms with van der Waals surface area (Å²) >= 11 is 0. The largest absolute Gasteiger partial charge is 0.354 e. The number of rotatable bonds is 7. The van der Waals surface area contributed by atoms with Crippen molar-refractivity contribution in [1.82, 2.24) is 30.2 Å². The number of aromatic nitrogens is 2. The average molecular weight is 525 g/mol. The number of likely N-dealkylation sites (N-methyl/N-ethyl adjacent to an activating group) is 1. The van der Waals surface area contributed by atoms with Gasteiger partial charge in [-0.25, -0.2) is 0 Å². The molecule has 0 aliphatic carbocycles. The van der Waals surface area contributed by atoms with E-state index in [1.165, 1.54) is 24.0 Å². The third-order valence-corrected chi connectivity index (χ3v) is 5.51. The molecule has 1 aliphatic heterocycles. The van der Waals surface area contributed by atoms with E-state index in [-0.39, 0.29) is 30.0 Å². The first-order valence-electron chi connectivity index (χ1n) is 10.4. The second kappa shape index (κ2) is 12.3. The molecule has 1 saturated heterocycles. The Balaban J connectivity index is 0.00000320. The second-order valence-corrected chi connectivity index (χ2v) is 8.08. The number of benzene rings is 1. The number of hydrogen-bond donors (Lipinski definition) is 2. The Labute approximate surface area is 197 Å². The Morgan fingerprint density at radius 2 is 2.07 bits per heavy atom. The van der Waals surface area contributed by atoms with Crippen molar-refractivity contribution < 1.29 is 0 Å². The molecule has 166 valence electrons. The van der Waals surface area contributed by atoms with Crippen molar-refractivity contribution in [2.45, 2.75) is 31.5 Å². The van der Waals surface area contributed by atoms with Crippen LogP contribution >= 0.6 is 24.0 Å². The number of hydrogen-bond acceptors (Lipinski definition) is 4. The molecule has 0 bridgehead atoms. The van der Waals surface area contributed by atoms with E-state index in [1.54, 1.807) is 0 Å². The molecule has 2 heterocycles. The lowest BCUT2D eigenvalue weighted by molar-refractivity contribution is 0.192. The van der Waals surface area contributed by atoms with Gasteiger partial charge >= 0.3 is 0 Å². The van der Waals surface area contributed by atoms with Crippen LogP contribution in [0.5, 0.6) is 0 Å². The van der Waals surface area contributed by atoms with Crippen molar-refractivity contribution in [1.29, 1.82) is 0 Å². The molecule has 2 unspecified atom stereocenters. The SMILES string of the molecule is CN=C(NCC(c1cnn(C)c1)N(C)C)NC1CCCN(Cc2ccccc2)C1.I. The standard InChI is InChI=1S/C22H35N7.HI/c1-23-22(24-14-21(27(2)3)19-13-25-28(4)16-19)26-20-11-8-12-29(17-20)15-18-9-6-5-7-10-18;/h5-7,9-10,13,16,20-21H,8,11-12,14-15,17H2,1-4H3,(H2,23,24,26);1H. The highest BCUT2D eigenvalue weighted by atomic mass is 127. The van der Waals surface area contributed by atoms with Crippen LogP contribution in [0.1, 0.15) is 30.0 Å². The second-order valence-electron chi connectivity index (χ2n) is 8.08. The average Bonchev–Trinajstić information content (AvgIpc) is 3.14. The van der Waals surface area contributed by atoms with Crippen molar-refractivity contribution in [3.05, 3.63) is 53.9 Å². The molecule has 3 rings (SSSR count). The summed E-state index contributed by atoms with van der Waals surface area (Å²) in [5, 5.41) is 11.5. The monoisotopic (exact) mass is 525 g/mol. The maximum atomic E-state index is 4.46. The molecular weight excluding hydrogens is 489 g/mol. The highest BCUT2D eigenvalue weighted by Crippen LogP contribution is 2.16. The molecule has 8 heteroatoms. The van der Waals surface area contributed by atoms with Crippen LogP contribution in [-0.4, -0.2) is 72.4 Å². The lowest BCUT2D eigenvalue weighted by Gasteiger charge is -2.34. The van der Waals surface area contributed by atoms with Crippen LogP contribution in [0.2, 0.25) is 0 Å². The summed E-state index contributed by atoms with van der Waals surface area (Å²) in [6.07, 6.45) is 6.39. The van der Waals surface area contributed by atoms with Crippen LogP contribution in [0.3, 0.4) is 0 Å². The Morgan fingerprint density at radius 1 is 1.30 bits per heavy atom. The van der Waals surface area contributed by atoms with Crippen molar-refractivity contribution in [2.75, 3.05) is 40.8 Å². The lowest BCUT2D eigenvalue weighted by atomic mass is 10.0. The van der Waals surface area contributed by atoms with Crippen LogP contribution in [0.4, 0.5) is 0 Å². The van der Waals surface area contributed by atoms with Gasteiger partial charge in [0, 0.05) is 51.5 Å². The van der Waals surface area contributed by atoms with Gasteiger partial charge in [-0.05, 0) is 39.0 Å². The minimum absolute atomic E-state index is 0. The number of nitrogens with zero attached hydrogens (tertiary/aromatic N) is 5. The minimum Gasteiger partial charge on any atom is -0.354 e. The van der Waals surface area contributed by atoms with E-state index in [0.29, 0.717) is 6.04 Å². The van der Waals surface area contributed by atoms with E-state index < -0.39 is 0 Å². The summed E-state index contributed by atoms with van der Waals surface area (Å²) < 4.78 is 1.85. The zero-order valence-corrected chi connectivity index (χ0v) is 20.9. The third kappa shape index (κ3) is 7.24. The van der Waals surface area contributed by atoms with Crippen LogP contribution < -0.4 is 10.6 Å². The first kappa shape index (κ1) is 24.6. The predicted molar refractivity (Wildman–Crippen MR) is 134 cm³/mol. The number of aryl methyl sites for hydroxylation is 1. The van der Waals surface area contributed by atoms with Crippen LogP contribution in [-0.2, 0) is 13.6 Å². The van der Waals surface area contributed by atoms with Crippen LogP contribution in [0.15, 0.2) is 47.7 Å². The number of aliphatic imine (C=N–C) groups is 1. The molecule has 0 saturated carbocycles. The van der Waals surface area contributed by atoms with Crippen LogP contribution in [0, 0.1) is 0 Å². The third-order valence-electron chi connectivity index (χ3n) is 5.51. The Kier molecular flexibility index (Phi) is 10.1. The van der Waals surface area contributed by atoms with Gasteiger partial charge in [0.05, 0.1) is 12.2 Å². The van der Waals surface area contributed by atoms with Crippen molar-refractivity contribution >= 4 is 29.9 Å². The fourth-order valence-corrected chi connectivity index (χ4v) is 3.95. The molecule has 0 spiro atoms. The summed E-state index contributed by atoms with van der Waals surface area (Å²) in [7, 11) is 7.99. The summed E-state index contributed by atoms with van der Waals surface area (Å²) in [6.45, 7) is 3.98. The van der Waals surface area contributed by atoms with Crippen LogP contribution in [0.25, 0.3) is 0 Å². The van der Waals surface area contributed by atoms with Crippen molar-refractivity contribution in [3.63, 3.8) is 0 Å². The molecule has 2 aromatic rings. The first-order chi connectivity index (χ1) is 14.0. The van der Waals surface area contributed by atoms with E-state index in [2.05, 4.69) is 81.1 Å². The maximum Gasteiger partial charge on any atom is 0.191 e. The van der Waals surface area contributed by atoms with Gasteiger partial charge in [-0.15, -0.1) is 24.0 Å². The fourth-order valence-electron chi connectivity index (χ4n) is 3.95. The van der Waals surface area contributed by atoms with E-state index >= 15 is 0 Å². The fraction of sp³-hybridized carbons (Fsp3) is 0.545. The van der Waals surface area contributed by atoms with Crippen molar-refractivity contribution in [3.8, 4) is 0 Å². The zero-order valence-electron chi connectivity index (χ0n) is 18.6. The van der Waals surface area contributed by atoms with Gasteiger partial charge in [-0.2, -0.15) is 5.10 Å². The quantitative estimate of drug-likeness (QED) is 0.331. The summed E-state index contributed by atoms with van der Waals surface area (Å²) in [5.41, 5.74) is 2.58. The van der Waals surface area contributed by atoms with E-state index in [1.807, 2.05) is 25.0 Å². The number of likely N-dealkylation sites (tertiary alicyclic amines) is 1. The van der Waals surface area contributed by atoms with Gasteiger partial charge in [-0.1, -0.05) is 30.3 Å². The Morgan fingerprint density at radius 3 is 2.70 bits per heavy atom. The van der Waals surface area contributed by atoms with E-state index in [4.69, 9.17) is 0 Å². The topological polar surface area (TPSA) is 60.7 Å². The summed E-state index contributed by atoms with van der Waals surface area (Å²) in [5.74, 6) is 0.868. The zero-order chi connectivity index (χ0) is 20.6. The number of guanidine groups is 1. The first-order valence-corrected chi connectivity index (χ1v) is 10.4. The summed E-state index contributed by atoms with van der Waals surface area (Å²) in [4.78, 5) is 9.20. The number of nitrogens with one attached hydrogen (secondary N) is 2. The molecule has 30 heavy (non-hydrogen) atoms. The van der Waals surface area contributed by atoms with Gasteiger partial charge in [0.25, 0.3) is 0 Å². The molecule has 1 aromatic heterocycles. The van der Waals surface area contributed by atoms with Gasteiger partial charge in [-0.3, -0.25) is 14.6 Å². The molecule has 7 nitrogen and oxygen atoms in total. The molecule has 1 aliphatic rings. The molecular formula is C22H36IN7. The van der Waals surface area contributed by atoms with E-state index in [9.17, 15) is 0 Å². The number of halogens is 1. The highest BCUT2D eigenvalue weighted by molar-refractivity contribution is 14.0. The molecule has 1 aromatic carbocycles. The molecule has 2 atom stereocenters. The predicted octanol–water partition coefficient (Wildman–Crippen LogP) is 2.47. The molecule has 1 fully saturated rings. The summed E-state index contributed by atoms with van der Waals surface area (Å²) in [6, 6.07) is 11.4. The van der Waals surface area contributed by atoms with Gasteiger partial charge in [0.1, 0.15) is 0 Å². The molecule has 2 N–H and O–H groups in total. The van der Waals surface area contributed by atoms with Gasteiger partial charge in [0.2, 0.25) is 0 Å². The lowest BCUT2D eigenvalue weighted by Crippen LogP contribution is -2.51. The van der Waals surface area contributed by atoms with Gasteiger partial charge < -0.3 is 15.5 Å². The Hall–Kier alpha value is -1.65. The van der Waals surface area contributed by atoms with E-state index in [0.717, 1.165) is 32.1 Å². The maximum absolute atomic E-state index is 4.46. The number of piperidine rings is 1. The van der Waals surface area contributed by atoms with Gasteiger partial charge in [0.15, 0.2) is 5.96 Å². The smallest absolute Gasteiger partial charge is 0.191 e. The molecule has 0 radical (unpaired) electrons. The minimum atomic E-state index is 0. The highest BCUT2D eigenvalue weighted by Gasteiger charge is 2.22.